The fourth-order valence-electron chi connectivity index (χ4n) is 2.83. The van der Waals surface area contributed by atoms with E-state index in [2.05, 4.69) is 104 Å². The molecule has 0 bridgehead atoms. The van der Waals surface area contributed by atoms with Crippen LogP contribution in [0.3, 0.4) is 0 Å². The third-order valence-corrected chi connectivity index (χ3v) is 3.96. The highest BCUT2D eigenvalue weighted by Crippen LogP contribution is 2.22. The van der Waals surface area contributed by atoms with E-state index in [0.29, 0.717) is 0 Å². The summed E-state index contributed by atoms with van der Waals surface area (Å²) < 4.78 is 0. The van der Waals surface area contributed by atoms with Crippen LogP contribution in [0.2, 0.25) is 0 Å². The molecule has 24 heavy (non-hydrogen) atoms. The average Bonchev–Trinajstić information content (AvgIpc) is 2.61. The first kappa shape index (κ1) is 16.2. The molecule has 0 atom stereocenters. The van der Waals surface area contributed by atoms with Gasteiger partial charge in [0.25, 0.3) is 0 Å². The Morgan fingerprint density at radius 1 is 0.542 bits per heavy atom. The van der Waals surface area contributed by atoms with Crippen LogP contribution in [0.15, 0.2) is 91.0 Å². The van der Waals surface area contributed by atoms with Crippen LogP contribution in [-0.2, 0) is 6.54 Å². The van der Waals surface area contributed by atoms with Crippen molar-refractivity contribution in [2.75, 3.05) is 14.1 Å². The lowest BCUT2D eigenvalue weighted by molar-refractivity contribution is 0.402. The topological polar surface area (TPSA) is 3.24 Å². The number of nitrogens with zero attached hydrogens (tertiary/aromatic N) is 1. The van der Waals surface area contributed by atoms with Gasteiger partial charge < -0.3 is 4.90 Å². The second-order valence-corrected chi connectivity index (χ2v) is 6.27. The van der Waals surface area contributed by atoms with Crippen molar-refractivity contribution in [3.63, 3.8) is 0 Å². The van der Waals surface area contributed by atoms with Gasteiger partial charge in [0.05, 0.1) is 0 Å². The summed E-state index contributed by atoms with van der Waals surface area (Å²) in [6, 6.07) is 31.9. The van der Waals surface area contributed by atoms with E-state index in [1.54, 1.807) is 0 Å². The minimum atomic E-state index is 1.03. The highest BCUT2D eigenvalue weighted by atomic mass is 15.0. The van der Waals surface area contributed by atoms with Gasteiger partial charge in [-0.3, -0.25) is 0 Å². The number of hydrogen-bond acceptors (Lipinski definition) is 1. The van der Waals surface area contributed by atoms with Gasteiger partial charge in [-0.1, -0.05) is 78.9 Å². The van der Waals surface area contributed by atoms with Crippen LogP contribution in [0.25, 0.3) is 21.5 Å². The van der Waals surface area contributed by atoms with E-state index in [1.807, 2.05) is 6.07 Å². The zero-order chi connectivity index (χ0) is 16.8. The average molecular weight is 313 g/mol. The number of hydrogen-bond donors (Lipinski definition) is 0. The lowest BCUT2D eigenvalue weighted by Crippen LogP contribution is -2.10. The van der Waals surface area contributed by atoms with Gasteiger partial charge in [-0.25, -0.2) is 0 Å². The van der Waals surface area contributed by atoms with Crippen molar-refractivity contribution in [1.29, 1.82) is 0 Å². The Hall–Kier alpha value is -2.64. The SMILES string of the molecule is CN(C)Cc1ccccc1.c1ccc2cc3ccccc3cc2c1. The maximum atomic E-state index is 2.24. The fourth-order valence-corrected chi connectivity index (χ4v) is 2.83. The molecule has 120 valence electrons. The molecule has 0 fully saturated rings. The second-order valence-electron chi connectivity index (χ2n) is 6.27. The molecular weight excluding hydrogens is 290 g/mol. The van der Waals surface area contributed by atoms with Crippen LogP contribution < -0.4 is 0 Å². The highest BCUT2D eigenvalue weighted by Gasteiger charge is 1.95. The van der Waals surface area contributed by atoms with E-state index in [9.17, 15) is 0 Å². The van der Waals surface area contributed by atoms with Gasteiger partial charge in [0.1, 0.15) is 0 Å². The van der Waals surface area contributed by atoms with Crippen molar-refractivity contribution in [3.8, 4) is 0 Å². The summed E-state index contributed by atoms with van der Waals surface area (Å²) in [7, 11) is 4.15. The van der Waals surface area contributed by atoms with E-state index in [0.717, 1.165) is 6.54 Å². The Bertz CT molecular complexity index is 805. The lowest BCUT2D eigenvalue weighted by atomic mass is 10.0. The Morgan fingerprint density at radius 2 is 0.917 bits per heavy atom. The third-order valence-electron chi connectivity index (χ3n) is 3.96. The quantitative estimate of drug-likeness (QED) is 0.426. The normalized spacial score (nSPS) is 10.6. The molecule has 0 aliphatic carbocycles. The molecule has 4 rings (SSSR count). The monoisotopic (exact) mass is 313 g/mol. The first-order valence-corrected chi connectivity index (χ1v) is 8.28. The zero-order valence-electron chi connectivity index (χ0n) is 14.3. The Balaban J connectivity index is 0.000000150. The summed E-state index contributed by atoms with van der Waals surface area (Å²) in [5, 5.41) is 5.25. The maximum absolute atomic E-state index is 2.24. The Kier molecular flexibility index (Phi) is 5.25. The molecule has 0 aromatic heterocycles. The van der Waals surface area contributed by atoms with Gasteiger partial charge in [0.15, 0.2) is 0 Å². The van der Waals surface area contributed by atoms with Crippen LogP contribution in [0.5, 0.6) is 0 Å². The molecule has 0 heterocycles. The van der Waals surface area contributed by atoms with Crippen LogP contribution in [0, 0.1) is 0 Å². The van der Waals surface area contributed by atoms with E-state index in [-0.39, 0.29) is 0 Å². The molecule has 4 aromatic carbocycles. The summed E-state index contributed by atoms with van der Waals surface area (Å²) >= 11 is 0. The van der Waals surface area contributed by atoms with Gasteiger partial charge in [-0.2, -0.15) is 0 Å². The highest BCUT2D eigenvalue weighted by molar-refractivity contribution is 5.98. The largest absolute Gasteiger partial charge is 0.305 e. The van der Waals surface area contributed by atoms with E-state index < -0.39 is 0 Å². The van der Waals surface area contributed by atoms with Gasteiger partial charge in [-0.05, 0) is 53.3 Å². The molecule has 0 radical (unpaired) electrons. The Morgan fingerprint density at radius 3 is 1.29 bits per heavy atom. The molecule has 0 N–H and O–H groups in total. The molecule has 0 unspecified atom stereocenters. The second kappa shape index (κ2) is 7.76. The standard InChI is InChI=1S/C14H10.C9H13N/c1-2-6-12-10-14-8-4-3-7-13(14)9-11(12)5-1;1-10(2)8-9-6-4-3-5-7-9/h1-10H;3-7H,8H2,1-2H3. The van der Waals surface area contributed by atoms with Crippen molar-refractivity contribution >= 4 is 21.5 Å². The van der Waals surface area contributed by atoms with Gasteiger partial charge in [0, 0.05) is 6.54 Å². The van der Waals surface area contributed by atoms with E-state index >= 15 is 0 Å². The molecule has 0 saturated heterocycles. The van der Waals surface area contributed by atoms with Gasteiger partial charge >= 0.3 is 0 Å². The lowest BCUT2D eigenvalue weighted by Gasteiger charge is -2.08. The predicted molar refractivity (Wildman–Crippen MR) is 105 cm³/mol. The number of benzene rings is 4. The van der Waals surface area contributed by atoms with Crippen LogP contribution in [-0.4, -0.2) is 19.0 Å². The summed E-state index contributed by atoms with van der Waals surface area (Å²) in [6.45, 7) is 1.03. The van der Waals surface area contributed by atoms with Crippen molar-refractivity contribution in [2.45, 2.75) is 6.54 Å². The first-order chi connectivity index (χ1) is 11.7. The molecule has 0 saturated carbocycles. The predicted octanol–water partition coefficient (Wildman–Crippen LogP) is 5.74. The zero-order valence-corrected chi connectivity index (χ0v) is 14.3. The van der Waals surface area contributed by atoms with Crippen molar-refractivity contribution in [2.24, 2.45) is 0 Å². The smallest absolute Gasteiger partial charge is 0.0227 e. The Labute approximate surface area is 144 Å². The fraction of sp³-hybridized carbons (Fsp3) is 0.130. The molecular formula is C23H23N. The molecule has 4 aromatic rings. The summed E-state index contributed by atoms with van der Waals surface area (Å²) in [5.74, 6) is 0. The maximum Gasteiger partial charge on any atom is 0.0227 e. The number of rotatable bonds is 2. The molecule has 0 aliphatic heterocycles. The summed E-state index contributed by atoms with van der Waals surface area (Å²) in [6.07, 6.45) is 0. The minimum Gasteiger partial charge on any atom is -0.305 e. The molecule has 0 amide bonds. The van der Waals surface area contributed by atoms with Crippen molar-refractivity contribution in [3.05, 3.63) is 96.6 Å². The summed E-state index contributed by atoms with van der Waals surface area (Å²) in [5.41, 5.74) is 1.37. The van der Waals surface area contributed by atoms with E-state index in [1.165, 1.54) is 27.1 Å². The third kappa shape index (κ3) is 4.21. The van der Waals surface area contributed by atoms with Crippen LogP contribution in [0.4, 0.5) is 0 Å². The van der Waals surface area contributed by atoms with Crippen LogP contribution >= 0.6 is 0 Å². The molecule has 1 heteroatoms. The van der Waals surface area contributed by atoms with Gasteiger partial charge in [-0.15, -0.1) is 0 Å². The van der Waals surface area contributed by atoms with Crippen molar-refractivity contribution < 1.29 is 0 Å². The molecule has 1 nitrogen and oxygen atoms in total. The van der Waals surface area contributed by atoms with Gasteiger partial charge in [0.2, 0.25) is 0 Å². The number of fused-ring (bicyclic) bond motifs is 2. The summed E-state index contributed by atoms with van der Waals surface area (Å²) in [4.78, 5) is 2.16. The molecule has 0 spiro atoms. The van der Waals surface area contributed by atoms with E-state index in [4.69, 9.17) is 0 Å². The minimum absolute atomic E-state index is 1.03. The van der Waals surface area contributed by atoms with Crippen molar-refractivity contribution in [1.82, 2.24) is 4.90 Å². The first-order valence-electron chi connectivity index (χ1n) is 8.28. The van der Waals surface area contributed by atoms with Crippen LogP contribution in [0.1, 0.15) is 5.56 Å². The molecule has 0 aliphatic rings.